The number of nitrogens with one attached hydrogen (secondary N) is 1. The van der Waals surface area contributed by atoms with E-state index in [1.165, 1.54) is 5.56 Å². The van der Waals surface area contributed by atoms with Gasteiger partial charge in [-0.1, -0.05) is 12.1 Å². The Bertz CT molecular complexity index is 402. The maximum absolute atomic E-state index is 9.79. The summed E-state index contributed by atoms with van der Waals surface area (Å²) in [4.78, 5) is 0. The van der Waals surface area contributed by atoms with Crippen molar-refractivity contribution in [2.24, 2.45) is 5.92 Å². The van der Waals surface area contributed by atoms with Crippen LogP contribution in [0.5, 0.6) is 5.75 Å². The molecule has 1 aromatic carbocycles. The van der Waals surface area contributed by atoms with Gasteiger partial charge in [-0.15, -0.1) is 0 Å². The van der Waals surface area contributed by atoms with Crippen molar-refractivity contribution in [3.8, 4) is 5.75 Å². The first-order valence-electron chi connectivity index (χ1n) is 7.14. The minimum Gasteiger partial charge on any atom is -0.496 e. The first kappa shape index (κ1) is 14.4. The quantitative estimate of drug-likeness (QED) is 0.876. The lowest BCUT2D eigenvalue weighted by molar-refractivity contribution is 0.201. The molecule has 0 aliphatic carbocycles. The highest BCUT2D eigenvalue weighted by molar-refractivity contribution is 5.44. The standard InChI is InChI=1S/C16H25NO2/c1-11-8-14(9-12(2)16(11)19-3)15(10-18)13-4-6-17-7-5-13/h8-9,13,15,17-18H,4-7,10H2,1-3H3. The molecule has 1 heterocycles. The highest BCUT2D eigenvalue weighted by atomic mass is 16.5. The van der Waals surface area contributed by atoms with Crippen LogP contribution < -0.4 is 10.1 Å². The first-order valence-corrected chi connectivity index (χ1v) is 7.14. The van der Waals surface area contributed by atoms with Crippen molar-refractivity contribution in [3.63, 3.8) is 0 Å². The summed E-state index contributed by atoms with van der Waals surface area (Å²) in [5, 5.41) is 13.2. The van der Waals surface area contributed by atoms with E-state index in [2.05, 4.69) is 31.3 Å². The van der Waals surface area contributed by atoms with Crippen LogP contribution in [0.25, 0.3) is 0 Å². The number of ether oxygens (including phenoxy) is 1. The topological polar surface area (TPSA) is 41.5 Å². The van der Waals surface area contributed by atoms with Gasteiger partial charge in [0.1, 0.15) is 5.75 Å². The summed E-state index contributed by atoms with van der Waals surface area (Å²) in [5.41, 5.74) is 3.57. The van der Waals surface area contributed by atoms with Gasteiger partial charge in [0.2, 0.25) is 0 Å². The molecule has 1 aromatic rings. The molecule has 2 N–H and O–H groups in total. The van der Waals surface area contributed by atoms with Crippen LogP contribution in [-0.4, -0.2) is 31.9 Å². The van der Waals surface area contributed by atoms with Crippen molar-refractivity contribution >= 4 is 0 Å². The van der Waals surface area contributed by atoms with Crippen molar-refractivity contribution in [2.75, 3.05) is 26.8 Å². The Morgan fingerprint density at radius 2 is 1.84 bits per heavy atom. The Kier molecular flexibility index (Phi) is 4.83. The van der Waals surface area contributed by atoms with Gasteiger partial charge in [-0.3, -0.25) is 0 Å². The fourth-order valence-corrected chi connectivity index (χ4v) is 3.29. The van der Waals surface area contributed by atoms with Gasteiger partial charge in [0.05, 0.1) is 13.7 Å². The second-order valence-electron chi connectivity index (χ2n) is 5.56. The molecular formula is C16H25NO2. The van der Waals surface area contributed by atoms with E-state index in [4.69, 9.17) is 4.74 Å². The van der Waals surface area contributed by atoms with Crippen LogP contribution in [0.4, 0.5) is 0 Å². The summed E-state index contributed by atoms with van der Waals surface area (Å²) in [7, 11) is 1.71. The molecule has 0 radical (unpaired) electrons. The van der Waals surface area contributed by atoms with Gasteiger partial charge in [-0.2, -0.15) is 0 Å². The van der Waals surface area contributed by atoms with Crippen LogP contribution in [0.15, 0.2) is 12.1 Å². The van der Waals surface area contributed by atoms with E-state index in [-0.39, 0.29) is 12.5 Å². The Labute approximate surface area is 116 Å². The fraction of sp³-hybridized carbons (Fsp3) is 0.625. The largest absolute Gasteiger partial charge is 0.496 e. The van der Waals surface area contributed by atoms with Gasteiger partial charge in [0, 0.05) is 5.92 Å². The molecule has 1 fully saturated rings. The number of rotatable bonds is 4. The molecule has 1 atom stereocenters. The highest BCUT2D eigenvalue weighted by Gasteiger charge is 2.25. The Balaban J connectivity index is 2.27. The van der Waals surface area contributed by atoms with Crippen molar-refractivity contribution in [1.29, 1.82) is 0 Å². The summed E-state index contributed by atoms with van der Waals surface area (Å²) in [6, 6.07) is 4.35. The predicted molar refractivity (Wildman–Crippen MR) is 77.9 cm³/mol. The zero-order chi connectivity index (χ0) is 13.8. The molecule has 106 valence electrons. The smallest absolute Gasteiger partial charge is 0.124 e. The molecule has 0 saturated carbocycles. The maximum Gasteiger partial charge on any atom is 0.124 e. The van der Waals surface area contributed by atoms with Crippen LogP contribution in [0.1, 0.15) is 35.4 Å². The van der Waals surface area contributed by atoms with Crippen LogP contribution in [0.3, 0.4) is 0 Å². The number of hydrogen-bond acceptors (Lipinski definition) is 3. The van der Waals surface area contributed by atoms with Crippen LogP contribution >= 0.6 is 0 Å². The van der Waals surface area contributed by atoms with Crippen LogP contribution in [-0.2, 0) is 0 Å². The predicted octanol–water partition coefficient (Wildman–Crippen LogP) is 2.39. The molecule has 2 rings (SSSR count). The minimum absolute atomic E-state index is 0.232. The van der Waals surface area contributed by atoms with E-state index >= 15 is 0 Å². The first-order chi connectivity index (χ1) is 9.17. The van der Waals surface area contributed by atoms with Crippen molar-refractivity contribution in [3.05, 3.63) is 28.8 Å². The molecule has 0 spiro atoms. The number of aryl methyl sites for hydroxylation is 2. The third-order valence-electron chi connectivity index (χ3n) is 4.26. The van der Waals surface area contributed by atoms with Gasteiger partial charge < -0.3 is 15.2 Å². The Hall–Kier alpha value is -1.06. The average Bonchev–Trinajstić information content (AvgIpc) is 2.40. The number of aliphatic hydroxyl groups is 1. The molecular weight excluding hydrogens is 238 g/mol. The number of methoxy groups -OCH3 is 1. The van der Waals surface area contributed by atoms with Crippen molar-refractivity contribution in [2.45, 2.75) is 32.6 Å². The SMILES string of the molecule is COc1c(C)cc(C(CO)C2CCNCC2)cc1C. The molecule has 1 unspecified atom stereocenters. The van der Waals surface area contributed by atoms with Gasteiger partial charge in [-0.05, 0) is 62.4 Å². The average molecular weight is 263 g/mol. The Morgan fingerprint density at radius 1 is 1.26 bits per heavy atom. The molecule has 3 heteroatoms. The number of benzene rings is 1. The fourth-order valence-electron chi connectivity index (χ4n) is 3.29. The van der Waals surface area contributed by atoms with E-state index in [9.17, 15) is 5.11 Å². The summed E-state index contributed by atoms with van der Waals surface area (Å²) >= 11 is 0. The van der Waals surface area contributed by atoms with Gasteiger partial charge in [0.25, 0.3) is 0 Å². The molecule has 0 aromatic heterocycles. The summed E-state index contributed by atoms with van der Waals surface area (Å²) in [6.45, 7) is 6.51. The van der Waals surface area contributed by atoms with E-state index < -0.39 is 0 Å². The van der Waals surface area contributed by atoms with E-state index in [1.807, 2.05) is 0 Å². The summed E-state index contributed by atoms with van der Waals surface area (Å²) in [6.07, 6.45) is 2.30. The minimum atomic E-state index is 0.232. The van der Waals surface area contributed by atoms with Crippen molar-refractivity contribution < 1.29 is 9.84 Å². The number of piperidine rings is 1. The van der Waals surface area contributed by atoms with Gasteiger partial charge in [0.15, 0.2) is 0 Å². The summed E-state index contributed by atoms with van der Waals surface area (Å²) < 4.78 is 5.42. The Morgan fingerprint density at radius 3 is 2.32 bits per heavy atom. The van der Waals surface area contributed by atoms with E-state index in [1.54, 1.807) is 7.11 Å². The lowest BCUT2D eigenvalue weighted by Gasteiger charge is -2.30. The molecule has 0 bridgehead atoms. The van der Waals surface area contributed by atoms with Gasteiger partial charge >= 0.3 is 0 Å². The van der Waals surface area contributed by atoms with Crippen molar-refractivity contribution in [1.82, 2.24) is 5.32 Å². The van der Waals surface area contributed by atoms with Crippen LogP contribution in [0, 0.1) is 19.8 Å². The second kappa shape index (κ2) is 6.40. The third kappa shape index (κ3) is 3.10. The number of aliphatic hydroxyl groups excluding tert-OH is 1. The maximum atomic E-state index is 9.79. The summed E-state index contributed by atoms with van der Waals surface area (Å²) in [5.74, 6) is 1.80. The normalized spacial score (nSPS) is 18.3. The molecule has 19 heavy (non-hydrogen) atoms. The molecule has 1 saturated heterocycles. The zero-order valence-electron chi connectivity index (χ0n) is 12.2. The zero-order valence-corrected chi connectivity index (χ0v) is 12.2. The molecule has 1 aliphatic heterocycles. The third-order valence-corrected chi connectivity index (χ3v) is 4.26. The molecule has 3 nitrogen and oxygen atoms in total. The molecule has 1 aliphatic rings. The monoisotopic (exact) mass is 263 g/mol. The lowest BCUT2D eigenvalue weighted by Crippen LogP contribution is -2.32. The van der Waals surface area contributed by atoms with Gasteiger partial charge in [-0.25, -0.2) is 0 Å². The highest BCUT2D eigenvalue weighted by Crippen LogP contribution is 2.34. The lowest BCUT2D eigenvalue weighted by atomic mass is 9.80. The van der Waals surface area contributed by atoms with E-state index in [0.29, 0.717) is 5.92 Å². The van der Waals surface area contributed by atoms with Crippen LogP contribution in [0.2, 0.25) is 0 Å². The molecule has 0 amide bonds. The second-order valence-corrected chi connectivity index (χ2v) is 5.56. The van der Waals surface area contributed by atoms with E-state index in [0.717, 1.165) is 42.8 Å². The number of hydrogen-bond donors (Lipinski definition) is 2.